The maximum Gasteiger partial charge on any atom is 0.282 e. The van der Waals surface area contributed by atoms with Crippen LogP contribution in [0.1, 0.15) is 27.7 Å². The lowest BCUT2D eigenvalue weighted by molar-refractivity contribution is 0.110. The highest BCUT2D eigenvalue weighted by Crippen LogP contribution is 2.27. The van der Waals surface area contributed by atoms with Crippen LogP contribution in [0.15, 0.2) is 0 Å². The van der Waals surface area contributed by atoms with Crippen LogP contribution in [0.2, 0.25) is 0 Å². The van der Waals surface area contributed by atoms with Gasteiger partial charge in [0, 0.05) is 38.3 Å². The third-order valence-corrected chi connectivity index (χ3v) is 5.06. The van der Waals surface area contributed by atoms with Gasteiger partial charge < -0.3 is 5.32 Å². The summed E-state index contributed by atoms with van der Waals surface area (Å²) in [5, 5.41) is 3.36. The average molecular weight is 249 g/mol. The fourth-order valence-corrected chi connectivity index (χ4v) is 3.33. The van der Waals surface area contributed by atoms with E-state index in [1.165, 1.54) is 4.31 Å². The molecule has 0 aromatic heterocycles. The molecule has 0 aromatic rings. The van der Waals surface area contributed by atoms with Crippen molar-refractivity contribution in [3.8, 4) is 0 Å². The molecule has 0 unspecified atom stereocenters. The van der Waals surface area contributed by atoms with E-state index in [0.717, 1.165) is 0 Å². The number of rotatable bonds is 2. The van der Waals surface area contributed by atoms with E-state index >= 15 is 0 Å². The average Bonchev–Trinajstić information content (AvgIpc) is 2.09. The van der Waals surface area contributed by atoms with Gasteiger partial charge in [0.25, 0.3) is 10.2 Å². The summed E-state index contributed by atoms with van der Waals surface area (Å²) in [4.78, 5) is 0. The standard InChI is InChI=1S/C10H23N3O2S/c1-9(2)8-13(10(3,4)7-11-9)16(14,15)12(5)6/h11H,7-8H2,1-6H3. The maximum atomic E-state index is 12.2. The molecule has 6 heteroatoms. The molecule has 0 spiro atoms. The first-order valence-electron chi connectivity index (χ1n) is 5.44. The minimum Gasteiger partial charge on any atom is -0.309 e. The fourth-order valence-electron chi connectivity index (χ4n) is 1.76. The van der Waals surface area contributed by atoms with E-state index in [1.54, 1.807) is 18.4 Å². The van der Waals surface area contributed by atoms with E-state index in [2.05, 4.69) is 5.32 Å². The molecule has 1 saturated heterocycles. The largest absolute Gasteiger partial charge is 0.309 e. The molecule has 1 heterocycles. The summed E-state index contributed by atoms with van der Waals surface area (Å²) in [5.74, 6) is 0. The second kappa shape index (κ2) is 3.94. The maximum absolute atomic E-state index is 12.2. The lowest BCUT2D eigenvalue weighted by Gasteiger charge is -2.48. The summed E-state index contributed by atoms with van der Waals surface area (Å²) in [6.45, 7) is 9.06. The van der Waals surface area contributed by atoms with Gasteiger partial charge in [-0.3, -0.25) is 0 Å². The second-order valence-corrected chi connectivity index (χ2v) is 7.91. The molecule has 0 atom stereocenters. The summed E-state index contributed by atoms with van der Waals surface area (Å²) in [7, 11) is -0.212. The topological polar surface area (TPSA) is 52.7 Å². The van der Waals surface area contributed by atoms with E-state index in [9.17, 15) is 8.42 Å². The highest BCUT2D eigenvalue weighted by Gasteiger charge is 2.44. The highest BCUT2D eigenvalue weighted by atomic mass is 32.2. The van der Waals surface area contributed by atoms with Gasteiger partial charge in [-0.15, -0.1) is 0 Å². The van der Waals surface area contributed by atoms with Crippen molar-refractivity contribution in [3.05, 3.63) is 0 Å². The molecular weight excluding hydrogens is 226 g/mol. The smallest absolute Gasteiger partial charge is 0.282 e. The Kier molecular flexibility index (Phi) is 3.42. The minimum absolute atomic E-state index is 0.182. The lowest BCUT2D eigenvalue weighted by atomic mass is 9.94. The van der Waals surface area contributed by atoms with Crippen molar-refractivity contribution >= 4 is 10.2 Å². The molecule has 0 saturated carbocycles. The van der Waals surface area contributed by atoms with Crippen molar-refractivity contribution in [1.29, 1.82) is 0 Å². The third-order valence-electron chi connectivity index (χ3n) is 2.95. The molecule has 1 rings (SSSR count). The van der Waals surface area contributed by atoms with Crippen LogP contribution in [0.4, 0.5) is 0 Å². The van der Waals surface area contributed by atoms with E-state index in [4.69, 9.17) is 0 Å². The quantitative estimate of drug-likeness (QED) is 0.763. The molecule has 0 amide bonds. The number of nitrogens with one attached hydrogen (secondary N) is 1. The SMILES string of the molecule is CN(C)S(=O)(=O)N1CC(C)(C)NCC1(C)C. The van der Waals surface area contributed by atoms with Gasteiger partial charge in [-0.25, -0.2) is 0 Å². The zero-order chi connectivity index (χ0) is 12.8. The van der Waals surface area contributed by atoms with Crippen LogP contribution < -0.4 is 5.32 Å². The zero-order valence-electron chi connectivity index (χ0n) is 11.0. The minimum atomic E-state index is -3.35. The Labute approximate surface area is 99.0 Å². The summed E-state index contributed by atoms with van der Waals surface area (Å²) >= 11 is 0. The van der Waals surface area contributed by atoms with Crippen LogP contribution in [0.5, 0.6) is 0 Å². The molecule has 1 fully saturated rings. The van der Waals surface area contributed by atoms with Gasteiger partial charge in [0.2, 0.25) is 0 Å². The zero-order valence-corrected chi connectivity index (χ0v) is 11.8. The normalized spacial score (nSPS) is 25.9. The summed E-state index contributed by atoms with van der Waals surface area (Å²) in [5.41, 5.74) is -0.572. The molecule has 0 aromatic carbocycles. The molecule has 1 aliphatic heterocycles. The predicted octanol–water partition coefficient (Wildman–Crippen LogP) is 0.255. The van der Waals surface area contributed by atoms with Gasteiger partial charge >= 0.3 is 0 Å². The van der Waals surface area contributed by atoms with Gasteiger partial charge in [-0.1, -0.05) is 0 Å². The Morgan fingerprint density at radius 3 is 2.12 bits per heavy atom. The van der Waals surface area contributed by atoms with E-state index in [-0.39, 0.29) is 5.54 Å². The van der Waals surface area contributed by atoms with Crippen LogP contribution in [-0.4, -0.2) is 55.3 Å². The van der Waals surface area contributed by atoms with Crippen molar-refractivity contribution < 1.29 is 8.42 Å². The summed E-state index contributed by atoms with van der Waals surface area (Å²) in [6.07, 6.45) is 0. The van der Waals surface area contributed by atoms with E-state index < -0.39 is 15.7 Å². The monoisotopic (exact) mass is 249 g/mol. The van der Waals surface area contributed by atoms with E-state index in [0.29, 0.717) is 13.1 Å². The molecule has 0 aliphatic carbocycles. The number of hydrogen-bond donors (Lipinski definition) is 1. The van der Waals surface area contributed by atoms with Crippen LogP contribution in [0.3, 0.4) is 0 Å². The molecule has 96 valence electrons. The Morgan fingerprint density at radius 2 is 1.69 bits per heavy atom. The summed E-state index contributed by atoms with van der Waals surface area (Å²) in [6, 6.07) is 0. The van der Waals surface area contributed by atoms with Gasteiger partial charge in [-0.2, -0.15) is 17.0 Å². The predicted molar refractivity (Wildman–Crippen MR) is 65.5 cm³/mol. The Hall–Kier alpha value is -0.170. The van der Waals surface area contributed by atoms with Crippen LogP contribution in [-0.2, 0) is 10.2 Å². The number of piperazine rings is 1. The van der Waals surface area contributed by atoms with Crippen molar-refractivity contribution in [1.82, 2.24) is 13.9 Å². The Balaban J connectivity index is 3.09. The Bertz CT molecular complexity index is 360. The van der Waals surface area contributed by atoms with Crippen LogP contribution >= 0.6 is 0 Å². The molecule has 0 radical (unpaired) electrons. The first kappa shape index (κ1) is 13.9. The van der Waals surface area contributed by atoms with Gasteiger partial charge in [-0.05, 0) is 27.7 Å². The summed E-state index contributed by atoms with van der Waals surface area (Å²) < 4.78 is 27.3. The second-order valence-electron chi connectivity index (χ2n) is 5.85. The molecule has 5 nitrogen and oxygen atoms in total. The number of hydrogen-bond acceptors (Lipinski definition) is 3. The van der Waals surface area contributed by atoms with Gasteiger partial charge in [0.05, 0.1) is 0 Å². The first-order chi connectivity index (χ1) is 6.99. The van der Waals surface area contributed by atoms with Crippen molar-refractivity contribution in [2.75, 3.05) is 27.2 Å². The third kappa shape index (κ3) is 2.56. The molecule has 1 aliphatic rings. The molecular formula is C10H23N3O2S. The Morgan fingerprint density at radius 1 is 1.19 bits per heavy atom. The molecule has 1 N–H and O–H groups in total. The number of nitrogens with zero attached hydrogens (tertiary/aromatic N) is 2. The first-order valence-corrected chi connectivity index (χ1v) is 6.84. The fraction of sp³-hybridized carbons (Fsp3) is 1.00. The van der Waals surface area contributed by atoms with Crippen molar-refractivity contribution in [2.24, 2.45) is 0 Å². The van der Waals surface area contributed by atoms with Crippen LogP contribution in [0, 0.1) is 0 Å². The van der Waals surface area contributed by atoms with Gasteiger partial charge in [0.15, 0.2) is 0 Å². The highest BCUT2D eigenvalue weighted by molar-refractivity contribution is 7.86. The van der Waals surface area contributed by atoms with Crippen LogP contribution in [0.25, 0.3) is 0 Å². The molecule has 16 heavy (non-hydrogen) atoms. The van der Waals surface area contributed by atoms with Gasteiger partial charge in [0.1, 0.15) is 0 Å². The lowest BCUT2D eigenvalue weighted by Crippen LogP contribution is -2.68. The molecule has 0 bridgehead atoms. The van der Waals surface area contributed by atoms with Crippen molar-refractivity contribution in [2.45, 2.75) is 38.8 Å². The van der Waals surface area contributed by atoms with E-state index in [1.807, 2.05) is 27.7 Å². The van der Waals surface area contributed by atoms with Crippen molar-refractivity contribution in [3.63, 3.8) is 0 Å².